The van der Waals surface area contributed by atoms with E-state index in [9.17, 15) is 4.79 Å². The van der Waals surface area contributed by atoms with Crippen LogP contribution in [0.5, 0.6) is 0 Å². The highest BCUT2D eigenvalue weighted by molar-refractivity contribution is 7.09. The van der Waals surface area contributed by atoms with Crippen molar-refractivity contribution < 1.29 is 4.79 Å². The maximum atomic E-state index is 12.2. The van der Waals surface area contributed by atoms with E-state index in [2.05, 4.69) is 15.7 Å². The topological polar surface area (TPSA) is 68.0 Å². The van der Waals surface area contributed by atoms with Crippen LogP contribution in [0, 0.1) is 12.8 Å². The van der Waals surface area contributed by atoms with Gasteiger partial charge in [0.2, 0.25) is 5.91 Å². The Hall–Kier alpha value is -0.940. The monoisotopic (exact) mass is 281 g/mol. The van der Waals surface area contributed by atoms with E-state index in [4.69, 9.17) is 5.73 Å². The number of thiazole rings is 1. The van der Waals surface area contributed by atoms with Gasteiger partial charge >= 0.3 is 0 Å². The van der Waals surface area contributed by atoms with Crippen LogP contribution in [0.2, 0.25) is 0 Å². The molecule has 0 aromatic carbocycles. The number of nitrogens with one attached hydrogen (secondary N) is 1. The molecule has 106 valence electrons. The van der Waals surface area contributed by atoms with E-state index in [-0.39, 0.29) is 17.4 Å². The number of nitrogens with two attached hydrogens (primary N) is 1. The van der Waals surface area contributed by atoms with Crippen LogP contribution < -0.4 is 11.1 Å². The first kappa shape index (κ1) is 14.5. The summed E-state index contributed by atoms with van der Waals surface area (Å²) < 4.78 is 0. The maximum absolute atomic E-state index is 12.2. The van der Waals surface area contributed by atoms with Crippen molar-refractivity contribution >= 4 is 17.2 Å². The van der Waals surface area contributed by atoms with E-state index in [0.29, 0.717) is 6.54 Å². The molecule has 5 heteroatoms. The molecule has 3 N–H and O–H groups in total. The zero-order valence-electron chi connectivity index (χ0n) is 11.7. The predicted molar refractivity (Wildman–Crippen MR) is 78.1 cm³/mol. The molecule has 19 heavy (non-hydrogen) atoms. The molecule has 1 aliphatic rings. The lowest BCUT2D eigenvalue weighted by Gasteiger charge is -2.37. The first-order valence-electron chi connectivity index (χ1n) is 6.96. The van der Waals surface area contributed by atoms with Crippen molar-refractivity contribution in [1.29, 1.82) is 0 Å². The molecular weight excluding hydrogens is 258 g/mol. The van der Waals surface area contributed by atoms with Crippen molar-refractivity contribution in [2.75, 3.05) is 6.54 Å². The molecule has 1 aliphatic carbocycles. The largest absolute Gasteiger partial charge is 0.355 e. The van der Waals surface area contributed by atoms with Gasteiger partial charge in [-0.2, -0.15) is 0 Å². The molecule has 0 radical (unpaired) electrons. The zero-order chi connectivity index (χ0) is 13.9. The number of aryl methyl sites for hydroxylation is 1. The number of amides is 1. The minimum atomic E-state index is -0.348. The Labute approximate surface area is 118 Å². The van der Waals surface area contributed by atoms with Crippen LogP contribution in [0.3, 0.4) is 0 Å². The fourth-order valence-electron chi connectivity index (χ4n) is 2.75. The van der Waals surface area contributed by atoms with E-state index in [1.807, 2.05) is 13.8 Å². The van der Waals surface area contributed by atoms with Crippen molar-refractivity contribution in [3.05, 3.63) is 16.1 Å². The molecule has 1 aromatic rings. The highest BCUT2D eigenvalue weighted by atomic mass is 32.1. The van der Waals surface area contributed by atoms with Crippen LogP contribution in [-0.2, 0) is 11.2 Å². The molecule has 0 aliphatic heterocycles. The summed E-state index contributed by atoms with van der Waals surface area (Å²) in [5, 5.41) is 6.13. The van der Waals surface area contributed by atoms with Crippen LogP contribution in [-0.4, -0.2) is 23.0 Å². The zero-order valence-corrected chi connectivity index (χ0v) is 12.6. The number of hydrogen-bond donors (Lipinski definition) is 2. The molecule has 4 nitrogen and oxygen atoms in total. The van der Waals surface area contributed by atoms with E-state index >= 15 is 0 Å². The fraction of sp³-hybridized carbons (Fsp3) is 0.714. The van der Waals surface area contributed by atoms with Gasteiger partial charge in [0.15, 0.2) is 0 Å². The van der Waals surface area contributed by atoms with Gasteiger partial charge in [0, 0.05) is 23.9 Å². The molecule has 1 fully saturated rings. The number of aromatic nitrogens is 1. The molecule has 0 spiro atoms. The molecule has 1 heterocycles. The first-order chi connectivity index (χ1) is 8.99. The Balaban J connectivity index is 1.80. The lowest BCUT2D eigenvalue weighted by Crippen LogP contribution is -2.53. The average molecular weight is 281 g/mol. The van der Waals surface area contributed by atoms with Crippen LogP contribution in [0.25, 0.3) is 0 Å². The third-order valence-corrected chi connectivity index (χ3v) is 4.74. The van der Waals surface area contributed by atoms with Gasteiger partial charge in [-0.15, -0.1) is 11.3 Å². The first-order valence-corrected chi connectivity index (χ1v) is 7.84. The Morgan fingerprint density at radius 2 is 2.42 bits per heavy atom. The van der Waals surface area contributed by atoms with E-state index in [1.54, 1.807) is 11.3 Å². The number of hydrogen-bond acceptors (Lipinski definition) is 4. The van der Waals surface area contributed by atoms with E-state index in [1.165, 1.54) is 0 Å². The Bertz CT molecular complexity index is 442. The minimum Gasteiger partial charge on any atom is -0.355 e. The fourth-order valence-corrected chi connectivity index (χ4v) is 3.40. The molecule has 1 amide bonds. The Kier molecular flexibility index (Phi) is 4.58. The summed E-state index contributed by atoms with van der Waals surface area (Å²) >= 11 is 1.65. The molecule has 0 saturated heterocycles. The normalized spacial score (nSPS) is 27.2. The van der Waals surface area contributed by atoms with Gasteiger partial charge < -0.3 is 11.1 Å². The second-order valence-electron chi connectivity index (χ2n) is 5.70. The number of carbonyl (C=O) groups excluding carboxylic acids is 1. The van der Waals surface area contributed by atoms with Gasteiger partial charge in [-0.05, 0) is 26.7 Å². The molecule has 2 atom stereocenters. The van der Waals surface area contributed by atoms with Gasteiger partial charge in [0.1, 0.15) is 0 Å². The van der Waals surface area contributed by atoms with Crippen molar-refractivity contribution in [2.24, 2.45) is 11.7 Å². The Morgan fingerprint density at radius 3 is 3.05 bits per heavy atom. The van der Waals surface area contributed by atoms with Gasteiger partial charge in [0.25, 0.3) is 0 Å². The smallest absolute Gasteiger partial charge is 0.224 e. The van der Waals surface area contributed by atoms with Crippen molar-refractivity contribution in [3.8, 4) is 0 Å². The summed E-state index contributed by atoms with van der Waals surface area (Å²) in [5.41, 5.74) is 6.95. The molecule has 1 saturated carbocycles. The van der Waals surface area contributed by atoms with Gasteiger partial charge in [-0.3, -0.25) is 4.79 Å². The number of carbonyl (C=O) groups is 1. The molecule has 2 unspecified atom stereocenters. The van der Waals surface area contributed by atoms with Crippen LogP contribution in [0.4, 0.5) is 0 Å². The number of rotatable bonds is 4. The van der Waals surface area contributed by atoms with Gasteiger partial charge in [-0.1, -0.05) is 12.8 Å². The lowest BCUT2D eigenvalue weighted by molar-refractivity contribution is -0.128. The van der Waals surface area contributed by atoms with E-state index in [0.717, 1.165) is 42.8 Å². The second-order valence-corrected chi connectivity index (χ2v) is 6.77. The lowest BCUT2D eigenvalue weighted by atomic mass is 9.74. The third-order valence-electron chi connectivity index (χ3n) is 3.92. The molecule has 2 rings (SSSR count). The quantitative estimate of drug-likeness (QED) is 0.887. The average Bonchev–Trinajstić information content (AvgIpc) is 2.74. The van der Waals surface area contributed by atoms with Crippen molar-refractivity contribution in [2.45, 2.75) is 51.5 Å². The third kappa shape index (κ3) is 3.76. The van der Waals surface area contributed by atoms with Gasteiger partial charge in [0.05, 0.1) is 16.6 Å². The van der Waals surface area contributed by atoms with Gasteiger partial charge in [-0.25, -0.2) is 4.98 Å². The predicted octanol–water partition coefficient (Wildman–Crippen LogP) is 2.02. The minimum absolute atomic E-state index is 0.0431. The summed E-state index contributed by atoms with van der Waals surface area (Å²) in [6.45, 7) is 4.64. The van der Waals surface area contributed by atoms with E-state index < -0.39 is 0 Å². The van der Waals surface area contributed by atoms with Crippen molar-refractivity contribution in [1.82, 2.24) is 10.3 Å². The summed E-state index contributed by atoms with van der Waals surface area (Å²) in [7, 11) is 0. The van der Waals surface area contributed by atoms with Crippen LogP contribution in [0.1, 0.15) is 43.3 Å². The number of nitrogens with zero attached hydrogens (tertiary/aromatic N) is 1. The van der Waals surface area contributed by atoms with Crippen LogP contribution in [0.15, 0.2) is 5.38 Å². The summed E-state index contributed by atoms with van der Waals surface area (Å²) in [6, 6.07) is 0. The highest BCUT2D eigenvalue weighted by Crippen LogP contribution is 2.31. The molecule has 1 aromatic heterocycles. The SMILES string of the molecule is Cc1nc(CCNC(=O)C2CCCCC2(C)N)cs1. The van der Waals surface area contributed by atoms with Crippen LogP contribution >= 0.6 is 11.3 Å². The molecule has 0 bridgehead atoms. The standard InChI is InChI=1S/C14H23N3OS/c1-10-17-11(9-19-10)6-8-16-13(18)12-5-3-4-7-14(12,2)15/h9,12H,3-8,15H2,1-2H3,(H,16,18). The second kappa shape index (κ2) is 6.01. The maximum Gasteiger partial charge on any atom is 0.224 e. The summed E-state index contributed by atoms with van der Waals surface area (Å²) in [5.74, 6) is 0.0649. The molecular formula is C14H23N3OS. The summed E-state index contributed by atoms with van der Waals surface area (Å²) in [6.07, 6.45) is 4.89. The van der Waals surface area contributed by atoms with Crippen molar-refractivity contribution in [3.63, 3.8) is 0 Å². The highest BCUT2D eigenvalue weighted by Gasteiger charge is 2.37. The Morgan fingerprint density at radius 1 is 1.63 bits per heavy atom. The summed E-state index contributed by atoms with van der Waals surface area (Å²) in [4.78, 5) is 16.6.